The Balaban J connectivity index is 2.31. The minimum absolute atomic E-state index is 0.155. The molecule has 0 aromatic carbocycles. The van der Waals surface area contributed by atoms with Gasteiger partial charge in [0.15, 0.2) is 0 Å². The molecule has 0 bridgehead atoms. The smallest absolute Gasteiger partial charge is 0.352 e. The molecule has 14 heavy (non-hydrogen) atoms. The van der Waals surface area contributed by atoms with Crippen LogP contribution in [0.1, 0.15) is 19.3 Å². The number of alkyl halides is 3. The number of ether oxygens (including phenoxy) is 1. The minimum Gasteiger partial charge on any atom is -0.352 e. The van der Waals surface area contributed by atoms with E-state index in [0.29, 0.717) is 6.42 Å². The SMILES string of the molecule is NC(=O)N[C@@H]1CC[C@H](OC(F)(F)F)C1. The third-order valence-corrected chi connectivity index (χ3v) is 2.03. The van der Waals surface area contributed by atoms with Gasteiger partial charge in [-0.1, -0.05) is 0 Å². The van der Waals surface area contributed by atoms with Crippen LogP contribution in [0.4, 0.5) is 18.0 Å². The van der Waals surface area contributed by atoms with Gasteiger partial charge in [0.05, 0.1) is 6.10 Å². The normalized spacial score (nSPS) is 27.6. The first-order valence-corrected chi connectivity index (χ1v) is 4.17. The second-order valence-electron chi connectivity index (χ2n) is 3.20. The maximum atomic E-state index is 11.8. The first-order valence-electron chi connectivity index (χ1n) is 4.17. The van der Waals surface area contributed by atoms with Crippen molar-refractivity contribution in [2.45, 2.75) is 37.8 Å². The fourth-order valence-electron chi connectivity index (χ4n) is 1.57. The number of carbonyl (C=O) groups is 1. The minimum atomic E-state index is -4.60. The molecule has 7 heteroatoms. The van der Waals surface area contributed by atoms with Crippen LogP contribution in [0.2, 0.25) is 0 Å². The van der Waals surface area contributed by atoms with Crippen LogP contribution in [0, 0.1) is 0 Å². The molecule has 1 rings (SSSR count). The van der Waals surface area contributed by atoms with Crippen molar-refractivity contribution >= 4 is 6.03 Å². The summed E-state index contributed by atoms with van der Waals surface area (Å²) in [7, 11) is 0. The van der Waals surface area contributed by atoms with Crippen molar-refractivity contribution in [1.29, 1.82) is 0 Å². The van der Waals surface area contributed by atoms with E-state index >= 15 is 0 Å². The standard InChI is InChI=1S/C7H11F3N2O2/c8-7(9,10)14-5-2-1-4(3-5)12-6(11)13/h4-5H,1-3H2,(H3,11,12,13)/t4-,5+/m1/s1. The van der Waals surface area contributed by atoms with Crippen LogP contribution < -0.4 is 11.1 Å². The largest absolute Gasteiger partial charge is 0.522 e. The zero-order valence-electron chi connectivity index (χ0n) is 7.30. The lowest BCUT2D eigenvalue weighted by Crippen LogP contribution is -2.37. The number of primary amides is 1. The van der Waals surface area contributed by atoms with Gasteiger partial charge in [-0.3, -0.25) is 4.74 Å². The second-order valence-corrected chi connectivity index (χ2v) is 3.20. The van der Waals surface area contributed by atoms with Crippen LogP contribution in [0.25, 0.3) is 0 Å². The third-order valence-electron chi connectivity index (χ3n) is 2.03. The summed E-state index contributed by atoms with van der Waals surface area (Å²) in [5.41, 5.74) is 4.83. The van der Waals surface area contributed by atoms with Crippen LogP contribution in [0.3, 0.4) is 0 Å². The Labute approximate surface area is 78.6 Å². The summed E-state index contributed by atoms with van der Waals surface area (Å²) >= 11 is 0. The molecule has 3 N–H and O–H groups in total. The van der Waals surface area contributed by atoms with Gasteiger partial charge in [0.25, 0.3) is 0 Å². The Hall–Kier alpha value is -0.980. The fourth-order valence-corrected chi connectivity index (χ4v) is 1.57. The summed E-state index contributed by atoms with van der Waals surface area (Å²) in [5.74, 6) is 0. The highest BCUT2D eigenvalue weighted by atomic mass is 19.4. The summed E-state index contributed by atoms with van der Waals surface area (Å²) < 4.78 is 39.1. The average molecular weight is 212 g/mol. The van der Waals surface area contributed by atoms with Crippen molar-refractivity contribution < 1.29 is 22.7 Å². The van der Waals surface area contributed by atoms with Crippen molar-refractivity contribution in [3.05, 3.63) is 0 Å². The van der Waals surface area contributed by atoms with Gasteiger partial charge in [0.1, 0.15) is 0 Å². The predicted octanol–water partition coefficient (Wildman–Crippen LogP) is 1.11. The monoisotopic (exact) mass is 212 g/mol. The van der Waals surface area contributed by atoms with Crippen molar-refractivity contribution in [3.8, 4) is 0 Å². The lowest BCUT2D eigenvalue weighted by Gasteiger charge is -2.14. The van der Waals surface area contributed by atoms with Crippen LogP contribution in [0.15, 0.2) is 0 Å². The molecule has 0 heterocycles. The van der Waals surface area contributed by atoms with E-state index < -0.39 is 18.5 Å². The second kappa shape index (κ2) is 4.04. The molecule has 0 aromatic rings. The molecule has 0 aliphatic heterocycles. The quantitative estimate of drug-likeness (QED) is 0.720. The Morgan fingerprint density at radius 2 is 2.07 bits per heavy atom. The van der Waals surface area contributed by atoms with Crippen molar-refractivity contribution in [2.75, 3.05) is 0 Å². The summed E-state index contributed by atoms with van der Waals surface area (Å²) in [5, 5.41) is 2.35. The third kappa shape index (κ3) is 3.82. The van der Waals surface area contributed by atoms with Gasteiger partial charge in [-0.25, -0.2) is 4.79 Å². The predicted molar refractivity (Wildman–Crippen MR) is 41.3 cm³/mol. The molecule has 0 radical (unpaired) electrons. The summed E-state index contributed by atoms with van der Waals surface area (Å²) in [6, 6.07) is -1.03. The highest BCUT2D eigenvalue weighted by molar-refractivity contribution is 5.71. The molecule has 1 saturated carbocycles. The van der Waals surface area contributed by atoms with Crippen molar-refractivity contribution in [1.82, 2.24) is 5.32 Å². The highest BCUT2D eigenvalue weighted by Crippen LogP contribution is 2.28. The van der Waals surface area contributed by atoms with E-state index in [1.165, 1.54) is 0 Å². The zero-order valence-corrected chi connectivity index (χ0v) is 7.30. The number of hydrogen-bond acceptors (Lipinski definition) is 2. The van der Waals surface area contributed by atoms with Gasteiger partial charge in [-0.05, 0) is 19.3 Å². The molecule has 0 unspecified atom stereocenters. The molecule has 4 nitrogen and oxygen atoms in total. The Kier molecular flexibility index (Phi) is 3.20. The molecular formula is C7H11F3N2O2. The fraction of sp³-hybridized carbons (Fsp3) is 0.857. The average Bonchev–Trinajstić information content (AvgIpc) is 2.30. The molecule has 0 aromatic heterocycles. The van der Waals surface area contributed by atoms with E-state index in [9.17, 15) is 18.0 Å². The number of nitrogens with one attached hydrogen (secondary N) is 1. The van der Waals surface area contributed by atoms with E-state index in [2.05, 4.69) is 10.1 Å². The number of amides is 2. The first kappa shape index (κ1) is 11.1. The number of rotatable bonds is 2. The molecule has 0 spiro atoms. The van der Waals surface area contributed by atoms with E-state index in [0.717, 1.165) is 0 Å². The first-order chi connectivity index (χ1) is 6.37. The van der Waals surface area contributed by atoms with Gasteiger partial charge in [0, 0.05) is 6.04 Å². The summed E-state index contributed by atoms with van der Waals surface area (Å²) in [6.45, 7) is 0. The van der Waals surface area contributed by atoms with Gasteiger partial charge in [-0.2, -0.15) is 0 Å². The summed E-state index contributed by atoms with van der Waals surface area (Å²) in [4.78, 5) is 10.4. The lowest BCUT2D eigenvalue weighted by atomic mass is 10.2. The maximum absolute atomic E-state index is 11.8. The Morgan fingerprint density at radius 3 is 2.57 bits per heavy atom. The van der Waals surface area contributed by atoms with Gasteiger partial charge in [0.2, 0.25) is 0 Å². The molecular weight excluding hydrogens is 201 g/mol. The maximum Gasteiger partial charge on any atom is 0.522 e. The molecule has 1 fully saturated rings. The van der Waals surface area contributed by atoms with Gasteiger partial charge in [-0.15, -0.1) is 13.2 Å². The number of hydrogen-bond donors (Lipinski definition) is 2. The van der Waals surface area contributed by atoms with Crippen molar-refractivity contribution in [3.63, 3.8) is 0 Å². The molecule has 82 valence electrons. The lowest BCUT2D eigenvalue weighted by molar-refractivity contribution is -0.341. The van der Waals surface area contributed by atoms with E-state index in [1.54, 1.807) is 0 Å². The molecule has 1 aliphatic carbocycles. The molecule has 2 amide bonds. The van der Waals surface area contributed by atoms with Crippen LogP contribution >= 0.6 is 0 Å². The van der Waals surface area contributed by atoms with Crippen LogP contribution in [-0.2, 0) is 4.74 Å². The molecule has 0 saturated heterocycles. The number of urea groups is 1. The topological polar surface area (TPSA) is 64.4 Å². The summed E-state index contributed by atoms with van der Waals surface area (Å²) in [6.07, 6.45) is -4.57. The number of carbonyl (C=O) groups excluding carboxylic acids is 1. The molecule has 1 aliphatic rings. The number of halogens is 3. The van der Waals surface area contributed by atoms with Gasteiger partial charge >= 0.3 is 12.4 Å². The zero-order chi connectivity index (χ0) is 10.8. The Bertz CT molecular complexity index is 219. The Morgan fingerprint density at radius 1 is 1.43 bits per heavy atom. The van der Waals surface area contributed by atoms with Crippen LogP contribution in [0.5, 0.6) is 0 Å². The van der Waals surface area contributed by atoms with Gasteiger partial charge < -0.3 is 11.1 Å². The molecule has 2 atom stereocenters. The number of nitrogens with two attached hydrogens (primary N) is 1. The van der Waals surface area contributed by atoms with Crippen molar-refractivity contribution in [2.24, 2.45) is 5.73 Å². The highest BCUT2D eigenvalue weighted by Gasteiger charge is 2.37. The van der Waals surface area contributed by atoms with E-state index in [1.807, 2.05) is 0 Å². The van der Waals surface area contributed by atoms with E-state index in [-0.39, 0.29) is 18.9 Å². The van der Waals surface area contributed by atoms with E-state index in [4.69, 9.17) is 5.73 Å². The van der Waals surface area contributed by atoms with Crippen LogP contribution in [-0.4, -0.2) is 24.5 Å².